The number of hydrogen-bond donors (Lipinski definition) is 0. The maximum Gasteiger partial charge on any atom is 0.0956 e. The van der Waals surface area contributed by atoms with E-state index in [1.807, 2.05) is 6.08 Å². The van der Waals surface area contributed by atoms with Crippen molar-refractivity contribution in [3.63, 3.8) is 0 Å². The fraction of sp³-hybridized carbons (Fsp3) is 0.667. The summed E-state index contributed by atoms with van der Waals surface area (Å²) in [4.78, 5) is 0. The van der Waals surface area contributed by atoms with Crippen LogP contribution in [0, 0.1) is 23.2 Å². The summed E-state index contributed by atoms with van der Waals surface area (Å²) in [6, 6.07) is 2.23. The molecule has 2 atom stereocenters. The molecule has 0 heterocycles. The van der Waals surface area contributed by atoms with Crippen molar-refractivity contribution in [1.29, 1.82) is 5.26 Å². The second-order valence-corrected chi connectivity index (χ2v) is 2.99. The minimum absolute atomic E-state index is 0.0705. The van der Waals surface area contributed by atoms with Crippen molar-refractivity contribution in [2.24, 2.45) is 11.8 Å². The largest absolute Gasteiger partial charge is 0.501 e. The lowest BCUT2D eigenvalue weighted by Gasteiger charge is -2.21. The maximum atomic E-state index is 8.64. The van der Waals surface area contributed by atoms with E-state index in [4.69, 9.17) is 10.00 Å². The summed E-state index contributed by atoms with van der Waals surface area (Å²) in [5, 5.41) is 8.64. The number of nitrogens with zero attached hydrogens (tertiary/aromatic N) is 1. The molecule has 11 heavy (non-hydrogen) atoms. The smallest absolute Gasteiger partial charge is 0.0956 e. The van der Waals surface area contributed by atoms with Crippen LogP contribution in [0.4, 0.5) is 0 Å². The van der Waals surface area contributed by atoms with Crippen LogP contribution in [0.3, 0.4) is 0 Å². The normalized spacial score (nSPS) is 30.5. The highest BCUT2D eigenvalue weighted by molar-refractivity contribution is 5.10. The van der Waals surface area contributed by atoms with E-state index in [9.17, 15) is 0 Å². The highest BCUT2D eigenvalue weighted by Crippen LogP contribution is 2.27. The maximum absolute atomic E-state index is 8.64. The van der Waals surface area contributed by atoms with Gasteiger partial charge in [0.1, 0.15) is 0 Å². The molecule has 0 saturated heterocycles. The Kier molecular flexibility index (Phi) is 2.53. The van der Waals surface area contributed by atoms with E-state index in [1.54, 1.807) is 7.11 Å². The van der Waals surface area contributed by atoms with E-state index in [0.717, 1.165) is 18.6 Å². The zero-order valence-electron chi connectivity index (χ0n) is 7.00. The standard InChI is InChI=1S/C9H13NO/c1-7-3-4-8(6-10)5-9(7)11-2/h5,7-8H,3-4H2,1-2H3. The van der Waals surface area contributed by atoms with Crippen LogP contribution in [0.25, 0.3) is 0 Å². The topological polar surface area (TPSA) is 33.0 Å². The van der Waals surface area contributed by atoms with Gasteiger partial charge < -0.3 is 4.74 Å². The van der Waals surface area contributed by atoms with E-state index >= 15 is 0 Å². The number of nitriles is 1. The molecule has 0 amide bonds. The van der Waals surface area contributed by atoms with Crippen molar-refractivity contribution >= 4 is 0 Å². The van der Waals surface area contributed by atoms with Gasteiger partial charge in [0, 0.05) is 5.92 Å². The van der Waals surface area contributed by atoms with Gasteiger partial charge in [0.25, 0.3) is 0 Å². The highest BCUT2D eigenvalue weighted by atomic mass is 16.5. The summed E-state index contributed by atoms with van der Waals surface area (Å²) in [6.07, 6.45) is 3.98. The van der Waals surface area contributed by atoms with Crippen LogP contribution in [0.5, 0.6) is 0 Å². The van der Waals surface area contributed by atoms with Crippen molar-refractivity contribution in [2.45, 2.75) is 19.8 Å². The molecule has 1 aliphatic rings. The monoisotopic (exact) mass is 151 g/mol. The molecule has 0 aromatic carbocycles. The van der Waals surface area contributed by atoms with Gasteiger partial charge >= 0.3 is 0 Å². The SMILES string of the molecule is COC1=CC(C#N)CCC1C. The molecule has 1 rings (SSSR count). The Balaban J connectivity index is 2.70. The summed E-state index contributed by atoms with van der Waals surface area (Å²) < 4.78 is 5.15. The molecule has 0 aromatic heterocycles. The van der Waals surface area contributed by atoms with Gasteiger partial charge in [0.15, 0.2) is 0 Å². The minimum atomic E-state index is 0.0705. The van der Waals surface area contributed by atoms with E-state index in [1.165, 1.54) is 0 Å². The molecule has 0 spiro atoms. The third-order valence-corrected chi connectivity index (χ3v) is 2.16. The molecule has 60 valence electrons. The number of allylic oxidation sites excluding steroid dienone is 2. The van der Waals surface area contributed by atoms with Gasteiger partial charge in [-0.3, -0.25) is 0 Å². The first-order chi connectivity index (χ1) is 5.27. The quantitative estimate of drug-likeness (QED) is 0.574. The Morgan fingerprint density at radius 3 is 2.91 bits per heavy atom. The van der Waals surface area contributed by atoms with Gasteiger partial charge in [0.2, 0.25) is 0 Å². The van der Waals surface area contributed by atoms with Gasteiger partial charge in [-0.05, 0) is 18.9 Å². The summed E-state index contributed by atoms with van der Waals surface area (Å²) in [6.45, 7) is 2.13. The average Bonchev–Trinajstić information content (AvgIpc) is 2.05. The third kappa shape index (κ3) is 1.74. The van der Waals surface area contributed by atoms with E-state index in [-0.39, 0.29) is 5.92 Å². The van der Waals surface area contributed by atoms with Crippen molar-refractivity contribution in [3.8, 4) is 6.07 Å². The van der Waals surface area contributed by atoms with Crippen molar-refractivity contribution < 1.29 is 4.74 Å². The summed E-state index contributed by atoms with van der Waals surface area (Å²) in [7, 11) is 1.67. The van der Waals surface area contributed by atoms with Gasteiger partial charge in [0.05, 0.1) is 24.9 Å². The van der Waals surface area contributed by atoms with Crippen molar-refractivity contribution in [3.05, 3.63) is 11.8 Å². The second-order valence-electron chi connectivity index (χ2n) is 2.99. The molecule has 0 aliphatic heterocycles. The van der Waals surface area contributed by atoms with E-state index in [2.05, 4.69) is 13.0 Å². The lowest BCUT2D eigenvalue weighted by atomic mass is 9.89. The number of methoxy groups -OCH3 is 1. The Labute approximate surface area is 67.5 Å². The van der Waals surface area contributed by atoms with E-state index < -0.39 is 0 Å². The van der Waals surface area contributed by atoms with Crippen LogP contribution < -0.4 is 0 Å². The van der Waals surface area contributed by atoms with Crippen LogP contribution in [0.15, 0.2) is 11.8 Å². The summed E-state index contributed by atoms with van der Waals surface area (Å²) in [5.74, 6) is 1.54. The van der Waals surface area contributed by atoms with Crippen LogP contribution in [-0.4, -0.2) is 7.11 Å². The Hall–Kier alpha value is -0.970. The van der Waals surface area contributed by atoms with Crippen LogP contribution in [-0.2, 0) is 4.74 Å². The predicted octanol–water partition coefficient (Wildman–Crippen LogP) is 2.09. The predicted molar refractivity (Wildman–Crippen MR) is 42.6 cm³/mol. The first kappa shape index (κ1) is 8.13. The van der Waals surface area contributed by atoms with Gasteiger partial charge in [-0.2, -0.15) is 5.26 Å². The Morgan fingerprint density at radius 2 is 2.36 bits per heavy atom. The fourth-order valence-corrected chi connectivity index (χ4v) is 1.39. The second kappa shape index (κ2) is 3.43. The average molecular weight is 151 g/mol. The molecular weight excluding hydrogens is 138 g/mol. The molecule has 0 aromatic rings. The molecule has 0 N–H and O–H groups in total. The zero-order valence-corrected chi connectivity index (χ0v) is 7.00. The summed E-state index contributed by atoms with van der Waals surface area (Å²) in [5.41, 5.74) is 0. The van der Waals surface area contributed by atoms with Crippen molar-refractivity contribution in [1.82, 2.24) is 0 Å². The molecule has 0 radical (unpaired) electrons. The number of rotatable bonds is 1. The molecule has 2 nitrogen and oxygen atoms in total. The van der Waals surface area contributed by atoms with E-state index in [0.29, 0.717) is 5.92 Å². The summed E-state index contributed by atoms with van der Waals surface area (Å²) >= 11 is 0. The minimum Gasteiger partial charge on any atom is -0.501 e. The van der Waals surface area contributed by atoms with Gasteiger partial charge in [-0.15, -0.1) is 0 Å². The highest BCUT2D eigenvalue weighted by Gasteiger charge is 2.19. The first-order valence-electron chi connectivity index (χ1n) is 3.93. The third-order valence-electron chi connectivity index (χ3n) is 2.16. The zero-order chi connectivity index (χ0) is 8.27. The lowest BCUT2D eigenvalue weighted by Crippen LogP contribution is -2.11. The molecule has 2 heteroatoms. The molecule has 0 fully saturated rings. The van der Waals surface area contributed by atoms with Crippen molar-refractivity contribution in [2.75, 3.05) is 7.11 Å². The first-order valence-corrected chi connectivity index (χ1v) is 3.93. The van der Waals surface area contributed by atoms with Crippen LogP contribution >= 0.6 is 0 Å². The van der Waals surface area contributed by atoms with Crippen LogP contribution in [0.1, 0.15) is 19.8 Å². The Morgan fingerprint density at radius 1 is 1.64 bits per heavy atom. The Bertz CT molecular complexity index is 202. The molecule has 2 unspecified atom stereocenters. The number of ether oxygens (including phenoxy) is 1. The molecular formula is C9H13NO. The lowest BCUT2D eigenvalue weighted by molar-refractivity contribution is 0.226. The molecule has 0 saturated carbocycles. The fourth-order valence-electron chi connectivity index (χ4n) is 1.39. The van der Waals surface area contributed by atoms with Crippen LogP contribution in [0.2, 0.25) is 0 Å². The molecule has 1 aliphatic carbocycles. The number of hydrogen-bond acceptors (Lipinski definition) is 2. The van der Waals surface area contributed by atoms with Gasteiger partial charge in [-0.25, -0.2) is 0 Å². The molecule has 0 bridgehead atoms. The van der Waals surface area contributed by atoms with Gasteiger partial charge in [-0.1, -0.05) is 6.92 Å².